The van der Waals surface area contributed by atoms with Gasteiger partial charge < -0.3 is 10.1 Å². The molecule has 1 amide bonds. The van der Waals surface area contributed by atoms with Gasteiger partial charge in [0.05, 0.1) is 17.3 Å². The number of carbonyl (C=O) groups is 1. The number of halogens is 1. The van der Waals surface area contributed by atoms with E-state index in [1.54, 1.807) is 31.4 Å². The third-order valence-electron chi connectivity index (χ3n) is 4.60. The summed E-state index contributed by atoms with van der Waals surface area (Å²) in [5.41, 5.74) is 3.90. The molecule has 2 N–H and O–H groups in total. The van der Waals surface area contributed by atoms with Crippen LogP contribution in [0.4, 0.5) is 11.4 Å². The summed E-state index contributed by atoms with van der Waals surface area (Å²) in [4.78, 5) is 12.6. The first-order valence-electron chi connectivity index (χ1n) is 9.48. The Morgan fingerprint density at radius 1 is 1.03 bits per heavy atom. The maximum Gasteiger partial charge on any atom is 0.263 e. The van der Waals surface area contributed by atoms with Gasteiger partial charge in [-0.25, -0.2) is 8.42 Å². The number of methoxy groups -OCH3 is 1. The molecule has 0 fully saturated rings. The van der Waals surface area contributed by atoms with Gasteiger partial charge in [0.25, 0.3) is 15.9 Å². The van der Waals surface area contributed by atoms with Crippen LogP contribution in [0.5, 0.6) is 0 Å². The van der Waals surface area contributed by atoms with Gasteiger partial charge in [0.15, 0.2) is 0 Å². The molecule has 0 saturated heterocycles. The Labute approximate surface area is 187 Å². The van der Waals surface area contributed by atoms with Crippen molar-refractivity contribution in [2.24, 2.45) is 0 Å². The minimum Gasteiger partial charge on any atom is -0.380 e. The number of hydrogen-bond donors (Lipinski definition) is 2. The zero-order valence-corrected chi connectivity index (χ0v) is 19.0. The van der Waals surface area contributed by atoms with Crippen molar-refractivity contribution in [3.63, 3.8) is 0 Å². The van der Waals surface area contributed by atoms with Crippen molar-refractivity contribution in [3.05, 3.63) is 87.9 Å². The van der Waals surface area contributed by atoms with Gasteiger partial charge in [-0.3, -0.25) is 9.52 Å². The average Bonchev–Trinajstić information content (AvgIpc) is 2.71. The summed E-state index contributed by atoms with van der Waals surface area (Å²) < 4.78 is 33.6. The summed E-state index contributed by atoms with van der Waals surface area (Å²) in [6.07, 6.45) is 0. The Kier molecular flexibility index (Phi) is 7.00. The Morgan fingerprint density at radius 3 is 2.52 bits per heavy atom. The lowest BCUT2D eigenvalue weighted by molar-refractivity contribution is 0.102. The lowest BCUT2D eigenvalue weighted by atomic mass is 10.1. The van der Waals surface area contributed by atoms with Crippen LogP contribution in [0.2, 0.25) is 5.02 Å². The zero-order chi connectivity index (χ0) is 22.6. The van der Waals surface area contributed by atoms with Crippen LogP contribution in [0.25, 0.3) is 0 Å². The molecule has 3 rings (SSSR count). The van der Waals surface area contributed by atoms with Crippen molar-refractivity contribution in [3.8, 4) is 0 Å². The second kappa shape index (κ2) is 9.51. The van der Waals surface area contributed by atoms with Gasteiger partial charge in [-0.15, -0.1) is 0 Å². The van der Waals surface area contributed by atoms with Gasteiger partial charge in [0, 0.05) is 18.4 Å². The molecule has 0 saturated carbocycles. The fourth-order valence-corrected chi connectivity index (χ4v) is 4.74. The van der Waals surface area contributed by atoms with Crippen LogP contribution in [-0.2, 0) is 21.4 Å². The van der Waals surface area contributed by atoms with Crippen LogP contribution in [0.15, 0.2) is 65.6 Å². The highest BCUT2D eigenvalue weighted by atomic mass is 35.5. The topological polar surface area (TPSA) is 84.5 Å². The van der Waals surface area contributed by atoms with Gasteiger partial charge in [-0.05, 0) is 61.4 Å². The molecule has 0 radical (unpaired) electrons. The van der Waals surface area contributed by atoms with E-state index in [-0.39, 0.29) is 15.5 Å². The molecule has 0 aliphatic rings. The molecular formula is C23H23ClN2O4S. The van der Waals surface area contributed by atoms with Crippen LogP contribution in [0, 0.1) is 13.8 Å². The lowest BCUT2D eigenvalue weighted by Gasteiger charge is -2.13. The van der Waals surface area contributed by atoms with Crippen LogP contribution in [-0.4, -0.2) is 21.4 Å². The van der Waals surface area contributed by atoms with Crippen LogP contribution < -0.4 is 10.0 Å². The van der Waals surface area contributed by atoms with E-state index in [2.05, 4.69) is 10.0 Å². The molecule has 0 spiro atoms. The number of nitrogens with one attached hydrogen (secondary N) is 2. The lowest BCUT2D eigenvalue weighted by Crippen LogP contribution is -2.17. The highest BCUT2D eigenvalue weighted by molar-refractivity contribution is 7.92. The minimum atomic E-state index is -4.00. The fraction of sp³-hybridized carbons (Fsp3) is 0.174. The number of amides is 1. The zero-order valence-electron chi connectivity index (χ0n) is 17.4. The predicted octanol–water partition coefficient (Wildman–Crippen LogP) is 5.16. The molecule has 0 aromatic heterocycles. The third-order valence-corrected chi connectivity index (χ3v) is 6.45. The number of ether oxygens (including phenoxy) is 1. The van der Waals surface area contributed by atoms with E-state index in [0.717, 1.165) is 16.7 Å². The minimum absolute atomic E-state index is 0.0240. The third kappa shape index (κ3) is 5.64. The molecule has 0 unspecified atom stereocenters. The van der Waals surface area contributed by atoms with E-state index in [4.69, 9.17) is 16.3 Å². The van der Waals surface area contributed by atoms with E-state index in [1.807, 2.05) is 32.0 Å². The maximum atomic E-state index is 13.0. The summed E-state index contributed by atoms with van der Waals surface area (Å²) in [6, 6.07) is 16.7. The molecule has 3 aromatic rings. The Bertz CT molecular complexity index is 1230. The standard InChI is InChI=1S/C23H23ClN2O4S/c1-15-7-10-21(16(2)11-15)26-31(28,29)22-13-18(8-9-20(22)24)23(27)25-19-6-4-5-17(12-19)14-30-3/h4-13,26H,14H2,1-3H3,(H,25,27). The van der Waals surface area contributed by atoms with E-state index in [0.29, 0.717) is 18.0 Å². The van der Waals surface area contributed by atoms with E-state index in [1.165, 1.54) is 18.2 Å². The summed E-state index contributed by atoms with van der Waals surface area (Å²) in [6.45, 7) is 4.15. The molecule has 31 heavy (non-hydrogen) atoms. The summed E-state index contributed by atoms with van der Waals surface area (Å²) in [5.74, 6) is -0.450. The molecule has 0 aliphatic carbocycles. The van der Waals surface area contributed by atoms with E-state index < -0.39 is 15.9 Å². The predicted molar refractivity (Wildman–Crippen MR) is 123 cm³/mol. The summed E-state index contributed by atoms with van der Waals surface area (Å²) in [7, 11) is -2.41. The SMILES string of the molecule is COCc1cccc(NC(=O)c2ccc(Cl)c(S(=O)(=O)Nc3ccc(C)cc3C)c2)c1. The smallest absolute Gasteiger partial charge is 0.263 e. The molecule has 3 aromatic carbocycles. The number of hydrogen-bond acceptors (Lipinski definition) is 4. The van der Waals surface area contributed by atoms with Crippen molar-refractivity contribution in [1.82, 2.24) is 0 Å². The first-order chi connectivity index (χ1) is 14.7. The van der Waals surface area contributed by atoms with Crippen molar-refractivity contribution < 1.29 is 17.9 Å². The van der Waals surface area contributed by atoms with Gasteiger partial charge in [0.1, 0.15) is 4.90 Å². The van der Waals surface area contributed by atoms with Gasteiger partial charge in [-0.2, -0.15) is 0 Å². The van der Waals surface area contributed by atoms with Crippen molar-refractivity contribution in [2.45, 2.75) is 25.3 Å². The van der Waals surface area contributed by atoms with Gasteiger partial charge >= 0.3 is 0 Å². The molecule has 0 bridgehead atoms. The number of sulfonamides is 1. The highest BCUT2D eigenvalue weighted by Crippen LogP contribution is 2.27. The molecule has 6 nitrogen and oxygen atoms in total. The quantitative estimate of drug-likeness (QED) is 0.512. The monoisotopic (exact) mass is 458 g/mol. The highest BCUT2D eigenvalue weighted by Gasteiger charge is 2.21. The second-order valence-corrected chi connectivity index (χ2v) is 9.21. The molecule has 162 valence electrons. The van der Waals surface area contributed by atoms with Crippen molar-refractivity contribution >= 4 is 38.9 Å². The van der Waals surface area contributed by atoms with E-state index in [9.17, 15) is 13.2 Å². The molecule has 8 heteroatoms. The Balaban J connectivity index is 1.86. The van der Waals surface area contributed by atoms with E-state index >= 15 is 0 Å². The number of benzene rings is 3. The average molecular weight is 459 g/mol. The normalized spacial score (nSPS) is 11.2. The summed E-state index contributed by atoms with van der Waals surface area (Å²) in [5, 5.41) is 2.79. The molecular weight excluding hydrogens is 436 g/mol. The van der Waals surface area contributed by atoms with Crippen LogP contribution in [0.1, 0.15) is 27.0 Å². The number of anilines is 2. The van der Waals surface area contributed by atoms with Crippen LogP contribution >= 0.6 is 11.6 Å². The fourth-order valence-electron chi connectivity index (χ4n) is 3.09. The van der Waals surface area contributed by atoms with Crippen LogP contribution in [0.3, 0.4) is 0 Å². The molecule has 0 aliphatic heterocycles. The second-order valence-electron chi connectivity index (χ2n) is 7.16. The van der Waals surface area contributed by atoms with Crippen molar-refractivity contribution in [1.29, 1.82) is 0 Å². The first kappa shape index (κ1) is 22.8. The first-order valence-corrected chi connectivity index (χ1v) is 11.3. The molecule has 0 atom stereocenters. The maximum absolute atomic E-state index is 13.0. The van der Waals surface area contributed by atoms with Gasteiger partial charge in [0.2, 0.25) is 0 Å². The summed E-state index contributed by atoms with van der Waals surface area (Å²) >= 11 is 6.17. The largest absolute Gasteiger partial charge is 0.380 e. The number of rotatable bonds is 7. The number of carbonyl (C=O) groups excluding carboxylic acids is 1. The van der Waals surface area contributed by atoms with Crippen molar-refractivity contribution in [2.75, 3.05) is 17.1 Å². The Hall–Kier alpha value is -2.87. The molecule has 0 heterocycles. The van der Waals surface area contributed by atoms with Gasteiger partial charge in [-0.1, -0.05) is 41.4 Å². The Morgan fingerprint density at radius 2 is 1.81 bits per heavy atom. The number of aryl methyl sites for hydroxylation is 2.